The van der Waals surface area contributed by atoms with Crippen LogP contribution in [0.25, 0.3) is 10.8 Å². The van der Waals surface area contributed by atoms with Gasteiger partial charge in [-0.1, -0.05) is 30.3 Å². The highest BCUT2D eigenvalue weighted by atomic mass is 32.2. The van der Waals surface area contributed by atoms with E-state index in [1.54, 1.807) is 16.4 Å². The van der Waals surface area contributed by atoms with Crippen LogP contribution in [0.4, 0.5) is 0 Å². The molecule has 3 fully saturated rings. The van der Waals surface area contributed by atoms with Crippen molar-refractivity contribution < 1.29 is 18.3 Å². The second kappa shape index (κ2) is 5.27. The summed E-state index contributed by atoms with van der Waals surface area (Å²) in [5.41, 5.74) is -0.387. The van der Waals surface area contributed by atoms with E-state index in [1.165, 1.54) is 0 Å². The summed E-state index contributed by atoms with van der Waals surface area (Å²) in [6.45, 7) is 0.914. The van der Waals surface area contributed by atoms with E-state index in [0.717, 1.165) is 23.6 Å². The second-order valence-corrected chi connectivity index (χ2v) is 9.46. The molecule has 4 atom stereocenters. The van der Waals surface area contributed by atoms with Crippen molar-refractivity contribution in [3.05, 3.63) is 42.5 Å². The first kappa shape index (κ1) is 15.8. The Hall–Kier alpha value is -1.47. The smallest absolute Gasteiger partial charge is 0.243 e. The SMILES string of the molecule is O=S(=O)(c1ccc2ccccc2c1)N1C[C@@H]2[C@H](CO)[C@H]3CC[C@]2(C1)O3. The summed E-state index contributed by atoms with van der Waals surface area (Å²) in [4.78, 5) is 0.331. The third-order valence-electron chi connectivity index (χ3n) is 6.32. The maximum atomic E-state index is 13.2. The van der Waals surface area contributed by atoms with Crippen molar-refractivity contribution in [2.75, 3.05) is 19.7 Å². The van der Waals surface area contributed by atoms with Gasteiger partial charge in [-0.25, -0.2) is 8.42 Å². The fourth-order valence-electron chi connectivity index (χ4n) is 5.05. The summed E-state index contributed by atoms with van der Waals surface area (Å²) >= 11 is 0. The highest BCUT2D eigenvalue weighted by molar-refractivity contribution is 7.89. The van der Waals surface area contributed by atoms with Gasteiger partial charge in [0.2, 0.25) is 10.0 Å². The molecule has 6 heteroatoms. The number of aliphatic hydroxyl groups excluding tert-OH is 1. The standard InChI is InChI=1S/C19H21NO4S/c21-11-16-17-10-20(12-19(17)8-7-18(16)24-19)25(22,23)15-6-5-13-3-1-2-4-14(13)9-15/h1-6,9,16-18,21H,7-8,10-12H2/t16-,17+,18+,19+/m0/s1. The molecule has 3 aliphatic heterocycles. The fourth-order valence-corrected chi connectivity index (χ4v) is 6.61. The van der Waals surface area contributed by atoms with Crippen molar-refractivity contribution in [1.29, 1.82) is 0 Å². The Kier molecular flexibility index (Phi) is 3.32. The zero-order valence-electron chi connectivity index (χ0n) is 13.8. The Bertz CT molecular complexity index is 943. The monoisotopic (exact) mass is 359 g/mol. The third kappa shape index (κ3) is 2.15. The number of benzene rings is 2. The molecule has 5 nitrogen and oxygen atoms in total. The van der Waals surface area contributed by atoms with E-state index in [2.05, 4.69) is 0 Å². The zero-order valence-corrected chi connectivity index (χ0v) is 14.7. The van der Waals surface area contributed by atoms with E-state index in [0.29, 0.717) is 18.0 Å². The van der Waals surface area contributed by atoms with Crippen LogP contribution in [-0.2, 0) is 14.8 Å². The average molecular weight is 359 g/mol. The molecule has 0 radical (unpaired) electrons. The van der Waals surface area contributed by atoms with Gasteiger partial charge in [0.15, 0.2) is 0 Å². The molecule has 0 saturated carbocycles. The van der Waals surface area contributed by atoms with Gasteiger partial charge in [-0.3, -0.25) is 0 Å². The van der Waals surface area contributed by atoms with Crippen molar-refractivity contribution in [3.63, 3.8) is 0 Å². The van der Waals surface area contributed by atoms with E-state index in [9.17, 15) is 13.5 Å². The summed E-state index contributed by atoms with van der Waals surface area (Å²) in [5, 5.41) is 11.7. The fraction of sp³-hybridized carbons (Fsp3) is 0.474. The quantitative estimate of drug-likeness (QED) is 0.910. The molecule has 1 N–H and O–H groups in total. The number of hydrogen-bond acceptors (Lipinski definition) is 4. The van der Waals surface area contributed by atoms with Gasteiger partial charge in [0.1, 0.15) is 0 Å². The molecular weight excluding hydrogens is 338 g/mol. The molecule has 132 valence electrons. The van der Waals surface area contributed by atoms with Crippen molar-refractivity contribution in [2.24, 2.45) is 11.8 Å². The predicted octanol–water partition coefficient (Wildman–Crippen LogP) is 2.00. The minimum atomic E-state index is -3.56. The molecule has 3 heterocycles. The van der Waals surface area contributed by atoms with Crippen LogP contribution in [0, 0.1) is 11.8 Å². The van der Waals surface area contributed by atoms with E-state index in [-0.39, 0.29) is 30.1 Å². The molecule has 0 aliphatic carbocycles. The van der Waals surface area contributed by atoms with Crippen LogP contribution < -0.4 is 0 Å². The molecule has 25 heavy (non-hydrogen) atoms. The summed E-state index contributed by atoms with van der Waals surface area (Å²) in [6, 6.07) is 13.1. The lowest BCUT2D eigenvalue weighted by Crippen LogP contribution is -2.38. The van der Waals surface area contributed by atoms with Gasteiger partial charge in [-0.15, -0.1) is 0 Å². The average Bonchev–Trinajstić information content (AvgIpc) is 3.29. The van der Waals surface area contributed by atoms with Crippen molar-refractivity contribution in [1.82, 2.24) is 4.31 Å². The largest absolute Gasteiger partial charge is 0.396 e. The molecule has 2 aromatic rings. The molecule has 0 amide bonds. The lowest BCUT2D eigenvalue weighted by Gasteiger charge is -2.27. The zero-order chi connectivity index (χ0) is 17.2. The molecular formula is C19H21NO4S. The first-order valence-corrected chi connectivity index (χ1v) is 10.3. The topological polar surface area (TPSA) is 66.8 Å². The number of rotatable bonds is 3. The summed E-state index contributed by atoms with van der Waals surface area (Å²) in [7, 11) is -3.56. The first-order chi connectivity index (χ1) is 12.0. The predicted molar refractivity (Wildman–Crippen MR) is 93.6 cm³/mol. The first-order valence-electron chi connectivity index (χ1n) is 8.81. The number of hydrogen-bond donors (Lipinski definition) is 1. The maximum absolute atomic E-state index is 13.2. The Labute approximate surface area is 147 Å². The van der Waals surface area contributed by atoms with Gasteiger partial charge in [0.25, 0.3) is 0 Å². The normalized spacial score (nSPS) is 34.7. The third-order valence-corrected chi connectivity index (χ3v) is 8.13. The van der Waals surface area contributed by atoms with Gasteiger partial charge in [0, 0.05) is 31.5 Å². The minimum Gasteiger partial charge on any atom is -0.396 e. The molecule has 5 rings (SSSR count). The Morgan fingerprint density at radius 1 is 1.20 bits per heavy atom. The van der Waals surface area contributed by atoms with E-state index >= 15 is 0 Å². The van der Waals surface area contributed by atoms with Crippen molar-refractivity contribution in [2.45, 2.75) is 29.4 Å². The van der Waals surface area contributed by atoms with Gasteiger partial charge in [-0.05, 0) is 35.7 Å². The Morgan fingerprint density at radius 3 is 2.80 bits per heavy atom. The van der Waals surface area contributed by atoms with Crippen LogP contribution in [-0.4, -0.2) is 49.2 Å². The summed E-state index contributed by atoms with van der Waals surface area (Å²) in [6.07, 6.45) is 1.91. The molecule has 3 aliphatic rings. The highest BCUT2D eigenvalue weighted by Gasteiger charge is 2.64. The van der Waals surface area contributed by atoms with E-state index in [1.807, 2.05) is 30.3 Å². The van der Waals surface area contributed by atoms with Crippen LogP contribution in [0.5, 0.6) is 0 Å². The number of fused-ring (bicyclic) bond motifs is 2. The lowest BCUT2D eigenvalue weighted by atomic mass is 9.74. The Balaban J connectivity index is 1.50. The summed E-state index contributed by atoms with van der Waals surface area (Å²) < 4.78 is 34.1. The van der Waals surface area contributed by atoms with Gasteiger partial charge in [0.05, 0.1) is 16.6 Å². The molecule has 3 saturated heterocycles. The number of ether oxygens (including phenoxy) is 1. The number of sulfonamides is 1. The van der Waals surface area contributed by atoms with Crippen LogP contribution in [0.2, 0.25) is 0 Å². The van der Waals surface area contributed by atoms with Crippen LogP contribution >= 0.6 is 0 Å². The van der Waals surface area contributed by atoms with Crippen molar-refractivity contribution >= 4 is 20.8 Å². The highest BCUT2D eigenvalue weighted by Crippen LogP contribution is 2.55. The van der Waals surface area contributed by atoms with E-state index < -0.39 is 10.0 Å². The molecule has 0 aromatic heterocycles. The van der Waals surface area contributed by atoms with E-state index in [4.69, 9.17) is 4.74 Å². The van der Waals surface area contributed by atoms with Gasteiger partial charge < -0.3 is 9.84 Å². The van der Waals surface area contributed by atoms with Crippen molar-refractivity contribution in [3.8, 4) is 0 Å². The molecule has 2 bridgehead atoms. The molecule has 0 unspecified atom stereocenters. The number of nitrogens with zero attached hydrogens (tertiary/aromatic N) is 1. The second-order valence-electron chi connectivity index (χ2n) is 7.52. The lowest BCUT2D eigenvalue weighted by molar-refractivity contribution is 0.00644. The molecule has 1 spiro atoms. The van der Waals surface area contributed by atoms with Crippen LogP contribution in [0.15, 0.2) is 47.4 Å². The van der Waals surface area contributed by atoms with Crippen LogP contribution in [0.3, 0.4) is 0 Å². The Morgan fingerprint density at radius 2 is 2.00 bits per heavy atom. The van der Waals surface area contributed by atoms with Gasteiger partial charge >= 0.3 is 0 Å². The molecule has 2 aromatic carbocycles. The maximum Gasteiger partial charge on any atom is 0.243 e. The minimum absolute atomic E-state index is 0.0607. The summed E-state index contributed by atoms with van der Waals surface area (Å²) in [5.74, 6) is 0.164. The van der Waals surface area contributed by atoms with Crippen LogP contribution in [0.1, 0.15) is 12.8 Å². The number of aliphatic hydroxyl groups is 1. The van der Waals surface area contributed by atoms with Gasteiger partial charge in [-0.2, -0.15) is 4.31 Å².